The Labute approximate surface area is 361 Å². The molecule has 62 heavy (non-hydrogen) atoms. The molecule has 1 aromatic heterocycles. The van der Waals surface area contributed by atoms with Crippen LogP contribution in [0.15, 0.2) is 60.4 Å². The van der Waals surface area contributed by atoms with Gasteiger partial charge in [0.2, 0.25) is 5.91 Å². The smallest absolute Gasteiger partial charge is 0.443 e. The quantitative estimate of drug-likeness (QED) is 0.175. The number of ketones is 1. The van der Waals surface area contributed by atoms with Gasteiger partial charge in [0.15, 0.2) is 5.78 Å². The van der Waals surface area contributed by atoms with E-state index in [2.05, 4.69) is 93.9 Å². The highest BCUT2D eigenvalue weighted by atomic mass is 19.4. The number of ether oxygens (including phenoxy) is 3. The summed E-state index contributed by atoms with van der Waals surface area (Å²) in [4.78, 5) is 39.9. The Balaban J connectivity index is 0.000000201. The van der Waals surface area contributed by atoms with Crippen molar-refractivity contribution in [3.8, 4) is 11.8 Å². The van der Waals surface area contributed by atoms with Crippen molar-refractivity contribution >= 4 is 23.2 Å². The summed E-state index contributed by atoms with van der Waals surface area (Å²) in [6.07, 6.45) is 4.01. The number of allylic oxidation sites excluding steroid dienone is 2. The molecule has 3 fully saturated rings. The van der Waals surface area contributed by atoms with Gasteiger partial charge in [-0.1, -0.05) is 79.7 Å². The fraction of sp³-hybridized carbons (Fsp3) is 0.596. The molecule has 2 aromatic carbocycles. The number of carbonyl (C=O) groups excluding carboxylic acids is 2. The molecule has 3 aliphatic carbocycles. The van der Waals surface area contributed by atoms with Crippen LogP contribution in [0.2, 0.25) is 0 Å². The first kappa shape index (κ1) is 45.1. The molecule has 0 radical (unpaired) electrons. The molecule has 2 N–H and O–H groups in total. The molecular formula is C47H60F3N5O7. The number of piperidine rings is 1. The van der Waals surface area contributed by atoms with Gasteiger partial charge in [0.05, 0.1) is 13.2 Å². The fourth-order valence-corrected chi connectivity index (χ4v) is 10.8. The van der Waals surface area contributed by atoms with Crippen LogP contribution >= 0.6 is 0 Å². The number of anilines is 1. The number of hydrogen-bond donors (Lipinski definition) is 2. The third-order valence-corrected chi connectivity index (χ3v) is 14.2. The number of benzene rings is 2. The lowest BCUT2D eigenvalue weighted by Crippen LogP contribution is -2.57. The number of nitrogens with one attached hydrogen (secondary N) is 2. The van der Waals surface area contributed by atoms with E-state index in [9.17, 15) is 32.9 Å². The largest absolute Gasteiger partial charge is 0.573 e. The van der Waals surface area contributed by atoms with Crippen molar-refractivity contribution in [1.29, 1.82) is 0 Å². The molecule has 336 valence electrons. The number of hydrogen-bond acceptors (Lipinski definition) is 9. The predicted molar refractivity (Wildman–Crippen MR) is 228 cm³/mol. The second-order valence-electron chi connectivity index (χ2n) is 20.4. The molecule has 2 aliphatic heterocycles. The number of amides is 1. The van der Waals surface area contributed by atoms with E-state index in [1.807, 2.05) is 6.08 Å². The molecule has 0 spiro atoms. The van der Waals surface area contributed by atoms with E-state index < -0.39 is 11.3 Å². The van der Waals surface area contributed by atoms with Crippen LogP contribution in [0.4, 0.5) is 24.7 Å². The van der Waals surface area contributed by atoms with Gasteiger partial charge < -0.3 is 35.0 Å². The minimum atomic E-state index is -4.73. The second-order valence-corrected chi connectivity index (χ2v) is 20.4. The number of fused-ring (bicyclic) bond motifs is 6. The van der Waals surface area contributed by atoms with Gasteiger partial charge in [-0.3, -0.25) is 14.2 Å². The number of rotatable bonds is 7. The molecule has 1 saturated heterocycles. The van der Waals surface area contributed by atoms with Gasteiger partial charge >= 0.3 is 18.2 Å². The van der Waals surface area contributed by atoms with Crippen LogP contribution in [0, 0.1) is 44.6 Å². The molecule has 5 aliphatic rings. The van der Waals surface area contributed by atoms with Crippen LogP contribution < -0.4 is 20.1 Å². The number of aromatic nitrogens is 2. The Hall–Kier alpha value is -4.92. The summed E-state index contributed by atoms with van der Waals surface area (Å²) in [5.41, 5.74) is 5.35. The summed E-state index contributed by atoms with van der Waals surface area (Å²) in [5.74, 6) is 1.62. The van der Waals surface area contributed by atoms with Gasteiger partial charge in [-0.15, -0.1) is 13.2 Å². The summed E-state index contributed by atoms with van der Waals surface area (Å²) >= 11 is 0. The Morgan fingerprint density at radius 2 is 1.74 bits per heavy atom. The Bertz CT molecular complexity index is 2210. The summed E-state index contributed by atoms with van der Waals surface area (Å²) in [5, 5.41) is 17.8. The average molecular weight is 864 g/mol. The lowest BCUT2D eigenvalue weighted by molar-refractivity contribution is -0.389. The normalized spacial score (nSPS) is 28.0. The van der Waals surface area contributed by atoms with E-state index in [-0.39, 0.29) is 76.2 Å². The number of halogens is 3. The van der Waals surface area contributed by atoms with E-state index >= 15 is 0 Å². The Kier molecular flexibility index (Phi) is 12.1. The van der Waals surface area contributed by atoms with Crippen LogP contribution in [-0.4, -0.2) is 51.8 Å². The first-order valence-electron chi connectivity index (χ1n) is 21.7. The summed E-state index contributed by atoms with van der Waals surface area (Å²) < 4.78 is 52.5. The average Bonchev–Trinajstić information content (AvgIpc) is 3.78. The van der Waals surface area contributed by atoms with Gasteiger partial charge in [0.25, 0.3) is 0 Å². The van der Waals surface area contributed by atoms with Gasteiger partial charge in [-0.2, -0.15) is 0 Å². The first-order valence-corrected chi connectivity index (χ1v) is 21.7. The standard InChI is InChI=1S/C33H48N2O2.C14H12F3N3O5/c1-30(2,3)20-9-10-25(31(4,5)6)27(17-20)35-29(37)26-12-11-23-22-19-34-28-18-21(36)13-15-33(28,8)24(22)14-16-32(23,26)7;15-14(16,17)25-10-3-1-9(2-4-10)7-23-11-5-19-6-12(20(21)22)18-13(19)24-8-11/h9-10,17-18,22-24,26,34H,11-16,19H2,1-8H3,(H,35,37);1-4,6,11H,5,7-8H2/t22?,23?,24?,26-,32+,33-;11-/m10/s1. The Morgan fingerprint density at radius 1 is 1.02 bits per heavy atom. The molecule has 1 amide bonds. The van der Waals surface area contributed by atoms with Gasteiger partial charge in [0.1, 0.15) is 24.7 Å². The van der Waals surface area contributed by atoms with Gasteiger partial charge in [-0.05, 0) is 106 Å². The fourth-order valence-electron chi connectivity index (χ4n) is 10.8. The zero-order chi connectivity index (χ0) is 45.0. The molecule has 3 heterocycles. The molecule has 2 saturated carbocycles. The van der Waals surface area contributed by atoms with Crippen molar-refractivity contribution in [3.05, 3.63) is 87.2 Å². The number of alkyl halides is 3. The van der Waals surface area contributed by atoms with E-state index in [1.165, 1.54) is 51.9 Å². The van der Waals surface area contributed by atoms with Crippen molar-refractivity contribution in [2.75, 3.05) is 18.5 Å². The van der Waals surface area contributed by atoms with Crippen LogP contribution in [0.3, 0.4) is 0 Å². The monoisotopic (exact) mass is 863 g/mol. The van der Waals surface area contributed by atoms with Crippen molar-refractivity contribution in [2.24, 2.45) is 34.5 Å². The first-order chi connectivity index (χ1) is 28.9. The third-order valence-electron chi connectivity index (χ3n) is 14.2. The van der Waals surface area contributed by atoms with Crippen molar-refractivity contribution in [2.45, 2.75) is 130 Å². The molecule has 0 bridgehead atoms. The van der Waals surface area contributed by atoms with Crippen LogP contribution in [0.1, 0.15) is 111 Å². The number of carbonyl (C=O) groups is 2. The number of imidazole rings is 1. The lowest BCUT2D eigenvalue weighted by atomic mass is 9.50. The summed E-state index contributed by atoms with van der Waals surface area (Å²) in [7, 11) is 0. The molecule has 7 atom stereocenters. The Morgan fingerprint density at radius 3 is 2.40 bits per heavy atom. The zero-order valence-corrected chi connectivity index (χ0v) is 37.0. The molecule has 3 unspecified atom stereocenters. The van der Waals surface area contributed by atoms with E-state index in [0.29, 0.717) is 36.3 Å². The van der Waals surface area contributed by atoms with E-state index in [1.54, 1.807) is 0 Å². The number of nitrogens with zero attached hydrogens (tertiary/aromatic N) is 3. The van der Waals surface area contributed by atoms with Crippen molar-refractivity contribution in [1.82, 2.24) is 14.9 Å². The summed E-state index contributed by atoms with van der Waals surface area (Å²) in [6, 6.07) is 12.1. The SMILES string of the molecule is CC(C)(C)c1ccc(C(C)(C)C)c(NC(=O)[C@H]2CCC3C4CNC5=CC(=O)CC[C@]5(C)C4CC[C@@]32C)c1.O=[N+]([O-])c1cn2c(n1)OC[C@@H](OCc1ccc(OC(F)(F)F)cc1)C2. The molecular weight excluding hydrogens is 804 g/mol. The molecule has 8 rings (SSSR count). The minimum absolute atomic E-state index is 0.0263. The van der Waals surface area contributed by atoms with Gasteiger partial charge in [-0.25, -0.2) is 0 Å². The maximum absolute atomic E-state index is 14.0. The summed E-state index contributed by atoms with van der Waals surface area (Å²) in [6.45, 7) is 19.7. The third kappa shape index (κ3) is 9.38. The zero-order valence-electron chi connectivity index (χ0n) is 37.0. The highest BCUT2D eigenvalue weighted by molar-refractivity contribution is 5.94. The van der Waals surface area contributed by atoms with Crippen molar-refractivity contribution < 1.29 is 41.9 Å². The maximum Gasteiger partial charge on any atom is 0.573 e. The molecule has 15 heteroatoms. The minimum Gasteiger partial charge on any atom is -0.443 e. The van der Waals surface area contributed by atoms with Crippen LogP contribution in [0.5, 0.6) is 11.8 Å². The molecule has 3 aromatic rings. The van der Waals surface area contributed by atoms with E-state index in [0.717, 1.165) is 44.3 Å². The van der Waals surface area contributed by atoms with Crippen LogP contribution in [-0.2, 0) is 38.3 Å². The maximum atomic E-state index is 14.0. The molecule has 12 nitrogen and oxygen atoms in total. The lowest BCUT2D eigenvalue weighted by Gasteiger charge is -2.58. The highest BCUT2D eigenvalue weighted by Gasteiger charge is 2.60. The van der Waals surface area contributed by atoms with E-state index in [4.69, 9.17) is 9.47 Å². The highest BCUT2D eigenvalue weighted by Crippen LogP contribution is 2.64. The second kappa shape index (κ2) is 16.7. The van der Waals surface area contributed by atoms with Crippen molar-refractivity contribution in [3.63, 3.8) is 0 Å². The van der Waals surface area contributed by atoms with Crippen LogP contribution in [0.25, 0.3) is 0 Å². The van der Waals surface area contributed by atoms with Gasteiger partial charge in [0, 0.05) is 46.7 Å². The topological polar surface area (TPSA) is 147 Å². The predicted octanol–water partition coefficient (Wildman–Crippen LogP) is 9.80. The number of nitro groups is 1.